The molecule has 0 saturated heterocycles. The molecule has 106 valence electrons. The summed E-state index contributed by atoms with van der Waals surface area (Å²) in [5.41, 5.74) is 2.50. The highest BCUT2D eigenvalue weighted by Gasteiger charge is 2.18. The van der Waals surface area contributed by atoms with Gasteiger partial charge >= 0.3 is 0 Å². The van der Waals surface area contributed by atoms with Gasteiger partial charge in [0.2, 0.25) is 5.91 Å². The highest BCUT2D eigenvalue weighted by atomic mass is 19.1. The summed E-state index contributed by atoms with van der Waals surface area (Å²) in [6.45, 7) is 2.04. The van der Waals surface area contributed by atoms with Gasteiger partial charge in [-0.25, -0.2) is 9.87 Å². The standard InChI is InChI=1S/C14H20FNO3/c1-3-4-5-11(14(17)16-18)8-10-6-7-12(15)13(9-10)19-2/h6-7,9,11,18H,3-5,8H2,1-2H3,(H,16,17). The number of carbonyl (C=O) groups is 1. The fourth-order valence-corrected chi connectivity index (χ4v) is 1.98. The first kappa shape index (κ1) is 15.4. The average molecular weight is 269 g/mol. The summed E-state index contributed by atoms with van der Waals surface area (Å²) in [7, 11) is 1.40. The van der Waals surface area contributed by atoms with Crippen LogP contribution in [0, 0.1) is 11.7 Å². The van der Waals surface area contributed by atoms with Crippen LogP contribution in [0.2, 0.25) is 0 Å². The number of ether oxygens (including phenoxy) is 1. The van der Waals surface area contributed by atoms with Gasteiger partial charge in [0.1, 0.15) is 0 Å². The Bertz CT molecular complexity index is 423. The highest BCUT2D eigenvalue weighted by molar-refractivity contribution is 5.77. The van der Waals surface area contributed by atoms with Crippen molar-refractivity contribution in [2.45, 2.75) is 32.6 Å². The number of nitrogens with one attached hydrogen (secondary N) is 1. The Hall–Kier alpha value is -1.62. The minimum atomic E-state index is -0.428. The first-order valence-electron chi connectivity index (χ1n) is 6.38. The van der Waals surface area contributed by atoms with Crippen LogP contribution in [0.4, 0.5) is 4.39 Å². The van der Waals surface area contributed by atoms with Gasteiger partial charge in [0, 0.05) is 5.92 Å². The smallest absolute Gasteiger partial charge is 0.246 e. The van der Waals surface area contributed by atoms with Crippen LogP contribution in [0.5, 0.6) is 5.75 Å². The van der Waals surface area contributed by atoms with E-state index in [1.807, 2.05) is 6.92 Å². The molecule has 0 aromatic heterocycles. The molecular weight excluding hydrogens is 249 g/mol. The van der Waals surface area contributed by atoms with Crippen LogP contribution in [0.1, 0.15) is 31.7 Å². The Morgan fingerprint density at radius 3 is 2.84 bits per heavy atom. The van der Waals surface area contributed by atoms with Gasteiger partial charge in [-0.3, -0.25) is 10.0 Å². The number of benzene rings is 1. The van der Waals surface area contributed by atoms with Gasteiger partial charge in [-0.05, 0) is 30.5 Å². The molecule has 0 saturated carbocycles. The minimum Gasteiger partial charge on any atom is -0.494 e. The van der Waals surface area contributed by atoms with Crippen LogP contribution in [-0.4, -0.2) is 18.2 Å². The van der Waals surface area contributed by atoms with E-state index in [4.69, 9.17) is 9.94 Å². The van der Waals surface area contributed by atoms with Crippen molar-refractivity contribution >= 4 is 5.91 Å². The van der Waals surface area contributed by atoms with E-state index < -0.39 is 11.7 Å². The van der Waals surface area contributed by atoms with E-state index in [0.29, 0.717) is 12.8 Å². The molecule has 0 heterocycles. The van der Waals surface area contributed by atoms with Gasteiger partial charge in [0.15, 0.2) is 11.6 Å². The number of amides is 1. The molecule has 0 fully saturated rings. The summed E-state index contributed by atoms with van der Waals surface area (Å²) < 4.78 is 18.2. The monoisotopic (exact) mass is 269 g/mol. The molecule has 1 aromatic carbocycles. The molecule has 0 aliphatic rings. The Kier molecular flexibility index (Phi) is 6.29. The number of methoxy groups -OCH3 is 1. The molecule has 1 aromatic rings. The van der Waals surface area contributed by atoms with Gasteiger partial charge in [-0.15, -0.1) is 0 Å². The fourth-order valence-electron chi connectivity index (χ4n) is 1.98. The summed E-state index contributed by atoms with van der Waals surface area (Å²) in [4.78, 5) is 11.6. The van der Waals surface area contributed by atoms with Crippen LogP contribution in [-0.2, 0) is 11.2 Å². The van der Waals surface area contributed by atoms with Crippen LogP contribution in [0.15, 0.2) is 18.2 Å². The molecule has 0 radical (unpaired) electrons. The maximum absolute atomic E-state index is 13.3. The second-order valence-corrected chi connectivity index (χ2v) is 4.49. The van der Waals surface area contributed by atoms with Gasteiger partial charge < -0.3 is 4.74 Å². The number of rotatable bonds is 7. The Balaban J connectivity index is 2.80. The van der Waals surface area contributed by atoms with E-state index in [2.05, 4.69) is 0 Å². The molecule has 0 bridgehead atoms. The first-order chi connectivity index (χ1) is 9.12. The molecule has 1 unspecified atom stereocenters. The third-order valence-electron chi connectivity index (χ3n) is 3.08. The second-order valence-electron chi connectivity index (χ2n) is 4.49. The molecule has 1 atom stereocenters. The van der Waals surface area contributed by atoms with Gasteiger partial charge in [-0.1, -0.05) is 25.8 Å². The van der Waals surface area contributed by atoms with Crippen LogP contribution >= 0.6 is 0 Å². The fraction of sp³-hybridized carbons (Fsp3) is 0.500. The molecule has 0 aliphatic heterocycles. The lowest BCUT2D eigenvalue weighted by Gasteiger charge is -2.15. The predicted molar refractivity (Wildman–Crippen MR) is 69.6 cm³/mol. The molecule has 2 N–H and O–H groups in total. The summed E-state index contributed by atoms with van der Waals surface area (Å²) in [5, 5.41) is 8.74. The average Bonchev–Trinajstić information content (AvgIpc) is 2.44. The van der Waals surface area contributed by atoms with E-state index in [0.717, 1.165) is 18.4 Å². The zero-order valence-corrected chi connectivity index (χ0v) is 11.3. The number of halogens is 1. The van der Waals surface area contributed by atoms with E-state index >= 15 is 0 Å². The SMILES string of the molecule is CCCCC(Cc1ccc(F)c(OC)c1)C(=O)NO. The normalized spacial score (nSPS) is 12.0. The van der Waals surface area contributed by atoms with E-state index in [1.165, 1.54) is 13.2 Å². The molecule has 1 amide bonds. The molecule has 0 aliphatic carbocycles. The van der Waals surface area contributed by atoms with Crippen molar-refractivity contribution in [3.05, 3.63) is 29.6 Å². The topological polar surface area (TPSA) is 58.6 Å². The molecule has 1 rings (SSSR count). The zero-order chi connectivity index (χ0) is 14.3. The lowest BCUT2D eigenvalue weighted by molar-refractivity contribution is -0.133. The Morgan fingerprint density at radius 1 is 1.53 bits per heavy atom. The predicted octanol–water partition coefficient (Wildman–Crippen LogP) is 2.69. The molecule has 5 heteroatoms. The van der Waals surface area contributed by atoms with Gasteiger partial charge in [0.05, 0.1) is 7.11 Å². The number of carbonyl (C=O) groups excluding carboxylic acids is 1. The zero-order valence-electron chi connectivity index (χ0n) is 11.3. The molecular formula is C14H20FNO3. The summed E-state index contributed by atoms with van der Waals surface area (Å²) in [6, 6.07) is 4.53. The summed E-state index contributed by atoms with van der Waals surface area (Å²) in [6.07, 6.45) is 3.00. The Labute approximate surface area is 112 Å². The van der Waals surface area contributed by atoms with Crippen molar-refractivity contribution in [3.8, 4) is 5.75 Å². The first-order valence-corrected chi connectivity index (χ1v) is 6.38. The van der Waals surface area contributed by atoms with Crippen LogP contribution in [0.3, 0.4) is 0 Å². The molecule has 0 spiro atoms. The van der Waals surface area contributed by atoms with Crippen molar-refractivity contribution < 1.29 is 19.1 Å². The van der Waals surface area contributed by atoms with Crippen LogP contribution in [0.25, 0.3) is 0 Å². The van der Waals surface area contributed by atoms with Gasteiger partial charge in [-0.2, -0.15) is 0 Å². The third-order valence-corrected chi connectivity index (χ3v) is 3.08. The van der Waals surface area contributed by atoms with Crippen molar-refractivity contribution in [3.63, 3.8) is 0 Å². The van der Waals surface area contributed by atoms with Crippen molar-refractivity contribution in [2.75, 3.05) is 7.11 Å². The van der Waals surface area contributed by atoms with Crippen LogP contribution < -0.4 is 10.2 Å². The molecule has 4 nitrogen and oxygen atoms in total. The number of hydroxylamine groups is 1. The van der Waals surface area contributed by atoms with Crippen molar-refractivity contribution in [1.29, 1.82) is 0 Å². The Morgan fingerprint density at radius 2 is 2.26 bits per heavy atom. The number of hydrogen-bond donors (Lipinski definition) is 2. The van der Waals surface area contributed by atoms with E-state index in [1.54, 1.807) is 17.6 Å². The summed E-state index contributed by atoms with van der Waals surface area (Å²) in [5.74, 6) is -0.990. The number of hydrogen-bond acceptors (Lipinski definition) is 3. The van der Waals surface area contributed by atoms with Crippen molar-refractivity contribution in [1.82, 2.24) is 5.48 Å². The third kappa shape index (κ3) is 4.52. The van der Waals surface area contributed by atoms with E-state index in [9.17, 15) is 9.18 Å². The minimum absolute atomic E-state index is 0.163. The quantitative estimate of drug-likeness (QED) is 0.591. The van der Waals surface area contributed by atoms with Crippen molar-refractivity contribution in [2.24, 2.45) is 5.92 Å². The highest BCUT2D eigenvalue weighted by Crippen LogP contribution is 2.22. The lowest BCUT2D eigenvalue weighted by atomic mass is 9.93. The lowest BCUT2D eigenvalue weighted by Crippen LogP contribution is -2.29. The summed E-state index contributed by atoms with van der Waals surface area (Å²) >= 11 is 0. The second kappa shape index (κ2) is 7.74. The largest absolute Gasteiger partial charge is 0.494 e. The number of unbranched alkanes of at least 4 members (excludes halogenated alkanes) is 1. The maximum Gasteiger partial charge on any atom is 0.246 e. The maximum atomic E-state index is 13.3. The van der Waals surface area contributed by atoms with Gasteiger partial charge in [0.25, 0.3) is 0 Å². The molecule has 19 heavy (non-hydrogen) atoms. The van der Waals surface area contributed by atoms with E-state index in [-0.39, 0.29) is 11.7 Å².